The number of carbonyl (C=O) groups is 1. The van der Waals surface area contributed by atoms with Crippen LogP contribution in [0.1, 0.15) is 27.3 Å². The van der Waals surface area contributed by atoms with Crippen LogP contribution in [0.5, 0.6) is 0 Å². The SMILES string of the molecule is Cc1n[nH]c(C)c1C(=O)NCc1cc(Br)ccc1F. The highest BCUT2D eigenvalue weighted by Gasteiger charge is 2.15. The molecule has 0 aliphatic carbocycles. The summed E-state index contributed by atoms with van der Waals surface area (Å²) in [6.07, 6.45) is 0. The van der Waals surface area contributed by atoms with Gasteiger partial charge in [-0.1, -0.05) is 15.9 Å². The number of rotatable bonds is 3. The maximum absolute atomic E-state index is 13.5. The molecule has 0 spiro atoms. The first-order valence-corrected chi connectivity index (χ1v) is 6.52. The van der Waals surface area contributed by atoms with Crippen LogP contribution in [0.4, 0.5) is 4.39 Å². The Labute approximate surface area is 118 Å². The number of halogens is 2. The molecule has 1 aromatic heterocycles. The molecule has 2 aromatic rings. The topological polar surface area (TPSA) is 57.8 Å². The Morgan fingerprint density at radius 1 is 1.47 bits per heavy atom. The number of benzene rings is 1. The summed E-state index contributed by atoms with van der Waals surface area (Å²) in [4.78, 5) is 12.0. The van der Waals surface area contributed by atoms with E-state index in [0.29, 0.717) is 22.5 Å². The van der Waals surface area contributed by atoms with Crippen LogP contribution in [0.15, 0.2) is 22.7 Å². The van der Waals surface area contributed by atoms with Gasteiger partial charge in [0.15, 0.2) is 0 Å². The molecular weight excluding hydrogens is 313 g/mol. The number of hydrogen-bond donors (Lipinski definition) is 2. The van der Waals surface area contributed by atoms with Crippen molar-refractivity contribution in [2.45, 2.75) is 20.4 Å². The van der Waals surface area contributed by atoms with E-state index in [2.05, 4.69) is 31.4 Å². The molecule has 1 amide bonds. The van der Waals surface area contributed by atoms with Crippen molar-refractivity contribution in [1.29, 1.82) is 0 Å². The quantitative estimate of drug-likeness (QED) is 0.911. The molecule has 100 valence electrons. The van der Waals surface area contributed by atoms with E-state index in [9.17, 15) is 9.18 Å². The summed E-state index contributed by atoms with van der Waals surface area (Å²) in [5.74, 6) is -0.604. The van der Waals surface area contributed by atoms with Gasteiger partial charge in [-0.2, -0.15) is 5.10 Å². The summed E-state index contributed by atoms with van der Waals surface area (Å²) < 4.78 is 14.3. The lowest BCUT2D eigenvalue weighted by Crippen LogP contribution is -2.24. The van der Waals surface area contributed by atoms with Crippen molar-refractivity contribution in [1.82, 2.24) is 15.5 Å². The largest absolute Gasteiger partial charge is 0.348 e. The highest BCUT2D eigenvalue weighted by molar-refractivity contribution is 9.10. The molecular formula is C13H13BrFN3O. The summed E-state index contributed by atoms with van der Waals surface area (Å²) in [6, 6.07) is 4.62. The molecule has 0 fully saturated rings. The summed E-state index contributed by atoms with van der Waals surface area (Å²) in [5, 5.41) is 9.39. The van der Waals surface area contributed by atoms with E-state index in [-0.39, 0.29) is 18.3 Å². The van der Waals surface area contributed by atoms with Crippen molar-refractivity contribution >= 4 is 21.8 Å². The molecule has 0 saturated carbocycles. The minimum atomic E-state index is -0.343. The Kier molecular flexibility index (Phi) is 3.99. The molecule has 1 heterocycles. The Bertz CT molecular complexity index is 605. The fourth-order valence-electron chi connectivity index (χ4n) is 1.83. The third-order valence-electron chi connectivity index (χ3n) is 2.80. The number of aromatic amines is 1. The first kappa shape index (κ1) is 13.7. The average Bonchev–Trinajstić information content (AvgIpc) is 2.70. The monoisotopic (exact) mass is 325 g/mol. The molecule has 4 nitrogen and oxygen atoms in total. The zero-order valence-electron chi connectivity index (χ0n) is 10.6. The van der Waals surface area contributed by atoms with Crippen LogP contribution in [0.25, 0.3) is 0 Å². The van der Waals surface area contributed by atoms with E-state index in [1.165, 1.54) is 6.07 Å². The van der Waals surface area contributed by atoms with Gasteiger partial charge in [-0.15, -0.1) is 0 Å². The maximum Gasteiger partial charge on any atom is 0.255 e. The predicted molar refractivity (Wildman–Crippen MR) is 73.3 cm³/mol. The third-order valence-corrected chi connectivity index (χ3v) is 3.30. The standard InChI is InChI=1S/C13H13BrFN3O/c1-7-12(8(2)18-17-7)13(19)16-6-9-5-10(14)3-4-11(9)15/h3-5H,6H2,1-2H3,(H,16,19)(H,17,18). The van der Waals surface area contributed by atoms with Gasteiger partial charge in [0.1, 0.15) is 5.82 Å². The smallest absolute Gasteiger partial charge is 0.255 e. The highest BCUT2D eigenvalue weighted by Crippen LogP contribution is 2.16. The lowest BCUT2D eigenvalue weighted by molar-refractivity contribution is 0.0949. The van der Waals surface area contributed by atoms with Crippen molar-refractivity contribution < 1.29 is 9.18 Å². The molecule has 2 rings (SSSR count). The second-order valence-corrected chi connectivity index (χ2v) is 5.14. The predicted octanol–water partition coefficient (Wildman–Crippen LogP) is 2.86. The lowest BCUT2D eigenvalue weighted by atomic mass is 10.1. The molecule has 0 aliphatic rings. The molecule has 0 atom stereocenters. The van der Waals surface area contributed by atoms with Crippen molar-refractivity contribution in [3.63, 3.8) is 0 Å². The van der Waals surface area contributed by atoms with E-state index in [1.54, 1.807) is 26.0 Å². The number of nitrogens with zero attached hydrogens (tertiary/aromatic N) is 1. The molecule has 19 heavy (non-hydrogen) atoms. The number of amides is 1. The van der Waals surface area contributed by atoms with Crippen molar-refractivity contribution in [2.75, 3.05) is 0 Å². The van der Waals surface area contributed by atoms with Crippen LogP contribution in [0.2, 0.25) is 0 Å². The zero-order chi connectivity index (χ0) is 14.0. The van der Waals surface area contributed by atoms with Gasteiger partial charge >= 0.3 is 0 Å². The molecule has 6 heteroatoms. The molecule has 1 aromatic carbocycles. The van der Waals surface area contributed by atoms with Crippen LogP contribution in [-0.4, -0.2) is 16.1 Å². The van der Waals surface area contributed by atoms with E-state index in [0.717, 1.165) is 4.47 Å². The van der Waals surface area contributed by atoms with Crippen LogP contribution < -0.4 is 5.32 Å². The van der Waals surface area contributed by atoms with Crippen LogP contribution in [0, 0.1) is 19.7 Å². The number of carbonyl (C=O) groups excluding carboxylic acids is 1. The first-order chi connectivity index (χ1) is 8.99. The van der Waals surface area contributed by atoms with Crippen molar-refractivity contribution in [3.8, 4) is 0 Å². The number of aromatic nitrogens is 2. The minimum Gasteiger partial charge on any atom is -0.348 e. The number of H-pyrrole nitrogens is 1. The lowest BCUT2D eigenvalue weighted by Gasteiger charge is -2.07. The van der Waals surface area contributed by atoms with Crippen molar-refractivity contribution in [3.05, 3.63) is 51.0 Å². The summed E-state index contributed by atoms with van der Waals surface area (Å²) in [6.45, 7) is 3.65. The Morgan fingerprint density at radius 2 is 2.21 bits per heavy atom. The first-order valence-electron chi connectivity index (χ1n) is 5.72. The van der Waals surface area contributed by atoms with Gasteiger partial charge in [0, 0.05) is 22.3 Å². The Hall–Kier alpha value is -1.69. The van der Waals surface area contributed by atoms with Crippen LogP contribution in [0.3, 0.4) is 0 Å². The summed E-state index contributed by atoms with van der Waals surface area (Å²) in [7, 11) is 0. The van der Waals surface area contributed by atoms with E-state index in [4.69, 9.17) is 0 Å². The third kappa shape index (κ3) is 3.01. The van der Waals surface area contributed by atoms with Gasteiger partial charge in [-0.25, -0.2) is 4.39 Å². The molecule has 0 unspecified atom stereocenters. The fraction of sp³-hybridized carbons (Fsp3) is 0.231. The molecule has 0 bridgehead atoms. The van der Waals surface area contributed by atoms with Gasteiger partial charge in [0.05, 0.1) is 11.3 Å². The molecule has 0 aliphatic heterocycles. The number of aryl methyl sites for hydroxylation is 2. The maximum atomic E-state index is 13.5. The summed E-state index contributed by atoms with van der Waals surface area (Å²) >= 11 is 3.27. The van der Waals surface area contributed by atoms with Crippen molar-refractivity contribution in [2.24, 2.45) is 0 Å². The number of hydrogen-bond acceptors (Lipinski definition) is 2. The second kappa shape index (κ2) is 5.52. The number of nitrogens with one attached hydrogen (secondary N) is 2. The zero-order valence-corrected chi connectivity index (χ0v) is 12.1. The molecule has 2 N–H and O–H groups in total. The van der Waals surface area contributed by atoms with Crippen LogP contribution >= 0.6 is 15.9 Å². The van der Waals surface area contributed by atoms with Gasteiger partial charge in [0.2, 0.25) is 0 Å². The van der Waals surface area contributed by atoms with Gasteiger partial charge in [0.25, 0.3) is 5.91 Å². The van der Waals surface area contributed by atoms with Gasteiger partial charge in [-0.05, 0) is 32.0 Å². The van der Waals surface area contributed by atoms with Gasteiger partial charge in [-0.3, -0.25) is 9.89 Å². The normalized spacial score (nSPS) is 10.5. The fourth-order valence-corrected chi connectivity index (χ4v) is 2.24. The van der Waals surface area contributed by atoms with E-state index < -0.39 is 0 Å². The average molecular weight is 326 g/mol. The Morgan fingerprint density at radius 3 is 2.84 bits per heavy atom. The van der Waals surface area contributed by atoms with E-state index in [1.807, 2.05) is 0 Å². The summed E-state index contributed by atoms with van der Waals surface area (Å²) in [5.41, 5.74) is 2.27. The molecule has 0 saturated heterocycles. The van der Waals surface area contributed by atoms with Gasteiger partial charge < -0.3 is 5.32 Å². The molecule has 0 radical (unpaired) electrons. The highest BCUT2D eigenvalue weighted by atomic mass is 79.9. The van der Waals surface area contributed by atoms with Crippen LogP contribution in [-0.2, 0) is 6.54 Å². The Balaban J connectivity index is 2.11. The second-order valence-electron chi connectivity index (χ2n) is 4.23. The minimum absolute atomic E-state index is 0.133. The van der Waals surface area contributed by atoms with E-state index >= 15 is 0 Å².